The number of fused-ring (bicyclic) bond motifs is 1. The highest BCUT2D eigenvalue weighted by atomic mass is 35.5. The van der Waals surface area contributed by atoms with Crippen LogP contribution in [0.5, 0.6) is 0 Å². The van der Waals surface area contributed by atoms with Gasteiger partial charge in [-0.25, -0.2) is 14.2 Å². The Hall–Kier alpha value is -2.61. The second-order valence-corrected chi connectivity index (χ2v) is 5.95. The number of carbonyl (C=O) groups excluding carboxylic acids is 2. The largest absolute Gasteiger partial charge is 0.468 e. The van der Waals surface area contributed by atoms with Crippen LogP contribution in [-0.4, -0.2) is 47.1 Å². The lowest BCUT2D eigenvalue weighted by atomic mass is 9.95. The number of urea groups is 1. The SMILES string of the molecule is COC(=O)CNC(=O)N1CCc2[nH]cnc2C1c1cc(Cl)ccc1F. The second-order valence-electron chi connectivity index (χ2n) is 5.51. The zero-order chi connectivity index (χ0) is 18.0. The second kappa shape index (κ2) is 7.10. The van der Waals surface area contributed by atoms with Gasteiger partial charge in [-0.15, -0.1) is 0 Å². The standard InChI is InChI=1S/C16H16ClFN4O3/c1-25-13(23)7-19-16(24)22-5-4-12-14(21-8-20-12)15(22)10-6-9(17)2-3-11(10)18/h2-3,6,8,15H,4-5,7H2,1H3,(H,19,24)(H,20,21). The quantitative estimate of drug-likeness (QED) is 0.814. The molecule has 0 fully saturated rings. The number of H-pyrrole nitrogens is 1. The fourth-order valence-corrected chi connectivity index (χ4v) is 3.04. The first-order chi connectivity index (χ1) is 12.0. The first kappa shape index (κ1) is 17.2. The maximum absolute atomic E-state index is 14.4. The summed E-state index contributed by atoms with van der Waals surface area (Å²) < 4.78 is 18.9. The summed E-state index contributed by atoms with van der Waals surface area (Å²) in [6.45, 7) is 0.0584. The average molecular weight is 367 g/mol. The Bertz CT molecular complexity index is 810. The summed E-state index contributed by atoms with van der Waals surface area (Å²) in [4.78, 5) is 32.5. The molecule has 1 aliphatic rings. The zero-order valence-electron chi connectivity index (χ0n) is 13.4. The summed E-state index contributed by atoms with van der Waals surface area (Å²) in [5.74, 6) is -1.06. The van der Waals surface area contributed by atoms with E-state index in [-0.39, 0.29) is 12.1 Å². The molecular weight excluding hydrogens is 351 g/mol. The lowest BCUT2D eigenvalue weighted by Crippen LogP contribution is -2.47. The van der Waals surface area contributed by atoms with Crippen LogP contribution in [0.15, 0.2) is 24.5 Å². The van der Waals surface area contributed by atoms with Crippen molar-refractivity contribution in [3.05, 3.63) is 52.3 Å². The van der Waals surface area contributed by atoms with Gasteiger partial charge in [-0.2, -0.15) is 0 Å². The summed E-state index contributed by atoms with van der Waals surface area (Å²) in [6.07, 6.45) is 2.05. The van der Waals surface area contributed by atoms with Crippen LogP contribution < -0.4 is 5.32 Å². The van der Waals surface area contributed by atoms with Crippen molar-refractivity contribution >= 4 is 23.6 Å². The van der Waals surface area contributed by atoms with E-state index in [1.165, 1.54) is 36.5 Å². The van der Waals surface area contributed by atoms with Gasteiger partial charge in [0.2, 0.25) is 0 Å². The minimum atomic E-state index is -0.744. The number of aromatic nitrogens is 2. The number of nitrogens with zero attached hydrogens (tertiary/aromatic N) is 2. The number of rotatable bonds is 3. The zero-order valence-corrected chi connectivity index (χ0v) is 14.1. The Kier molecular flexibility index (Phi) is 4.89. The smallest absolute Gasteiger partial charge is 0.325 e. The number of ether oxygens (including phenoxy) is 1. The molecule has 132 valence electrons. The molecule has 1 aromatic heterocycles. The van der Waals surface area contributed by atoms with Crippen LogP contribution >= 0.6 is 11.6 Å². The van der Waals surface area contributed by atoms with E-state index in [4.69, 9.17) is 11.6 Å². The van der Waals surface area contributed by atoms with E-state index in [2.05, 4.69) is 20.0 Å². The first-order valence-electron chi connectivity index (χ1n) is 7.59. The molecule has 2 N–H and O–H groups in total. The fourth-order valence-electron chi connectivity index (χ4n) is 2.86. The van der Waals surface area contributed by atoms with Gasteiger partial charge in [0.25, 0.3) is 0 Å². The molecule has 0 aliphatic carbocycles. The number of esters is 1. The number of halogens is 2. The molecule has 9 heteroatoms. The molecule has 3 rings (SSSR count). The predicted molar refractivity (Wildman–Crippen MR) is 87.7 cm³/mol. The van der Waals surface area contributed by atoms with Gasteiger partial charge in [0.05, 0.1) is 19.1 Å². The van der Waals surface area contributed by atoms with E-state index in [0.717, 1.165) is 5.69 Å². The summed E-state index contributed by atoms with van der Waals surface area (Å²) in [6, 6.07) is 2.92. The van der Waals surface area contributed by atoms with Gasteiger partial charge < -0.3 is 19.9 Å². The van der Waals surface area contributed by atoms with Gasteiger partial charge >= 0.3 is 12.0 Å². The highest BCUT2D eigenvalue weighted by Gasteiger charge is 2.35. The molecule has 2 heterocycles. The van der Waals surface area contributed by atoms with E-state index in [9.17, 15) is 14.0 Å². The van der Waals surface area contributed by atoms with Crippen LogP contribution in [0, 0.1) is 5.82 Å². The van der Waals surface area contributed by atoms with Gasteiger partial charge in [0.15, 0.2) is 0 Å². The third-order valence-corrected chi connectivity index (χ3v) is 4.29. The van der Waals surface area contributed by atoms with Crippen molar-refractivity contribution in [2.75, 3.05) is 20.2 Å². The van der Waals surface area contributed by atoms with Crippen LogP contribution in [0.1, 0.15) is 23.0 Å². The number of nitrogens with one attached hydrogen (secondary N) is 2. The van der Waals surface area contributed by atoms with E-state index < -0.39 is 23.9 Å². The third kappa shape index (κ3) is 3.43. The molecule has 2 aromatic rings. The van der Waals surface area contributed by atoms with E-state index >= 15 is 0 Å². The highest BCUT2D eigenvalue weighted by Crippen LogP contribution is 2.35. The Morgan fingerprint density at radius 3 is 3.08 bits per heavy atom. The molecule has 0 saturated carbocycles. The van der Waals surface area contributed by atoms with Crippen molar-refractivity contribution in [3.63, 3.8) is 0 Å². The molecular formula is C16H16ClFN4O3. The molecule has 1 atom stereocenters. The molecule has 1 unspecified atom stereocenters. The van der Waals surface area contributed by atoms with Crippen LogP contribution in [0.4, 0.5) is 9.18 Å². The Labute approximate surface area is 148 Å². The molecule has 0 bridgehead atoms. The molecule has 25 heavy (non-hydrogen) atoms. The summed E-state index contributed by atoms with van der Waals surface area (Å²) >= 11 is 6.01. The van der Waals surface area contributed by atoms with Crippen LogP contribution in [0.25, 0.3) is 0 Å². The molecule has 1 aromatic carbocycles. The minimum absolute atomic E-state index is 0.244. The maximum Gasteiger partial charge on any atom is 0.325 e. The van der Waals surface area contributed by atoms with Crippen LogP contribution in [-0.2, 0) is 16.0 Å². The monoisotopic (exact) mass is 366 g/mol. The maximum atomic E-state index is 14.4. The molecule has 0 radical (unpaired) electrons. The van der Waals surface area contributed by atoms with Crippen molar-refractivity contribution in [2.24, 2.45) is 0 Å². The van der Waals surface area contributed by atoms with E-state index in [1.807, 2.05) is 0 Å². The summed E-state index contributed by atoms with van der Waals surface area (Å²) in [5, 5.41) is 2.83. The minimum Gasteiger partial charge on any atom is -0.468 e. The number of methoxy groups -OCH3 is 1. The van der Waals surface area contributed by atoms with E-state index in [1.54, 1.807) is 0 Å². The van der Waals surface area contributed by atoms with Crippen molar-refractivity contribution in [2.45, 2.75) is 12.5 Å². The predicted octanol–water partition coefficient (Wildman–Crippen LogP) is 2.03. The topological polar surface area (TPSA) is 87.3 Å². The fraction of sp³-hybridized carbons (Fsp3) is 0.312. The lowest BCUT2D eigenvalue weighted by molar-refractivity contribution is -0.139. The number of amides is 2. The summed E-state index contributed by atoms with van der Waals surface area (Å²) in [5.41, 5.74) is 1.63. The van der Waals surface area contributed by atoms with Crippen molar-refractivity contribution in [1.29, 1.82) is 0 Å². The van der Waals surface area contributed by atoms with Gasteiger partial charge in [-0.05, 0) is 18.2 Å². The summed E-state index contributed by atoms with van der Waals surface area (Å²) in [7, 11) is 1.23. The van der Waals surface area contributed by atoms with Crippen molar-refractivity contribution < 1.29 is 18.7 Å². The average Bonchev–Trinajstić information content (AvgIpc) is 3.09. The Morgan fingerprint density at radius 1 is 1.52 bits per heavy atom. The van der Waals surface area contributed by atoms with E-state index in [0.29, 0.717) is 23.7 Å². The van der Waals surface area contributed by atoms with Crippen LogP contribution in [0.2, 0.25) is 5.02 Å². The Morgan fingerprint density at radius 2 is 2.32 bits per heavy atom. The molecule has 1 aliphatic heterocycles. The van der Waals surface area contributed by atoms with Gasteiger partial charge in [0, 0.05) is 29.2 Å². The number of imidazole rings is 1. The lowest BCUT2D eigenvalue weighted by Gasteiger charge is -2.35. The molecule has 0 spiro atoms. The first-order valence-corrected chi connectivity index (χ1v) is 7.97. The van der Waals surface area contributed by atoms with Gasteiger partial charge in [-0.3, -0.25) is 4.79 Å². The number of carbonyl (C=O) groups is 2. The van der Waals surface area contributed by atoms with Crippen molar-refractivity contribution in [3.8, 4) is 0 Å². The van der Waals surface area contributed by atoms with Gasteiger partial charge in [0.1, 0.15) is 18.4 Å². The third-order valence-electron chi connectivity index (χ3n) is 4.05. The number of hydrogen-bond acceptors (Lipinski definition) is 4. The van der Waals surface area contributed by atoms with Crippen molar-refractivity contribution in [1.82, 2.24) is 20.2 Å². The number of benzene rings is 1. The number of aromatic amines is 1. The molecule has 0 saturated heterocycles. The number of hydrogen-bond donors (Lipinski definition) is 2. The Balaban J connectivity index is 1.96. The van der Waals surface area contributed by atoms with Gasteiger partial charge in [-0.1, -0.05) is 11.6 Å². The molecule has 2 amide bonds. The van der Waals surface area contributed by atoms with Crippen LogP contribution in [0.3, 0.4) is 0 Å². The normalized spacial score (nSPS) is 16.3. The highest BCUT2D eigenvalue weighted by molar-refractivity contribution is 6.30. The molecule has 7 nitrogen and oxygen atoms in total.